The molecule has 0 amide bonds. The van der Waals surface area contributed by atoms with E-state index < -0.39 is 0 Å². The van der Waals surface area contributed by atoms with Gasteiger partial charge in [-0.15, -0.1) is 10.2 Å². The highest BCUT2D eigenvalue weighted by Gasteiger charge is 2.46. The van der Waals surface area contributed by atoms with Crippen LogP contribution in [-0.4, -0.2) is 26.4 Å². The van der Waals surface area contributed by atoms with E-state index in [0.29, 0.717) is 16.4 Å². The Kier molecular flexibility index (Phi) is 3.03. The predicted octanol–water partition coefficient (Wildman–Crippen LogP) is 2.79. The van der Waals surface area contributed by atoms with Gasteiger partial charge in [0.1, 0.15) is 0 Å². The highest BCUT2D eigenvalue weighted by atomic mass is 35.5. The Morgan fingerprint density at radius 2 is 2.24 bits per heavy atom. The molecule has 4 rings (SSSR count). The van der Waals surface area contributed by atoms with E-state index in [0.717, 1.165) is 24.3 Å². The van der Waals surface area contributed by atoms with Gasteiger partial charge in [-0.1, -0.05) is 28.9 Å². The summed E-state index contributed by atoms with van der Waals surface area (Å²) in [7, 11) is 0. The van der Waals surface area contributed by atoms with Crippen LogP contribution in [-0.2, 0) is 6.42 Å². The van der Waals surface area contributed by atoms with Gasteiger partial charge in [0.15, 0.2) is 11.6 Å². The molecule has 2 aliphatic carbocycles. The van der Waals surface area contributed by atoms with Crippen LogP contribution in [0.1, 0.15) is 46.9 Å². The maximum Gasteiger partial charge on any atom is 0.178 e. The first kappa shape index (κ1) is 13.0. The van der Waals surface area contributed by atoms with Crippen LogP contribution in [0.4, 0.5) is 0 Å². The van der Waals surface area contributed by atoms with Crippen molar-refractivity contribution < 1.29 is 4.79 Å². The third-order valence-electron chi connectivity index (χ3n) is 4.36. The Balaban J connectivity index is 1.48. The minimum absolute atomic E-state index is 0.0343. The molecule has 2 aliphatic rings. The normalized spacial score (nSPS) is 24.0. The number of benzene rings is 1. The summed E-state index contributed by atoms with van der Waals surface area (Å²) in [5, 5.41) is 14.6. The molecule has 1 aromatic carbocycles. The molecule has 108 valence electrons. The zero-order chi connectivity index (χ0) is 14.4. The van der Waals surface area contributed by atoms with Gasteiger partial charge < -0.3 is 0 Å². The number of tetrazole rings is 1. The number of hydrogen-bond donors (Lipinski definition) is 1. The van der Waals surface area contributed by atoms with Crippen molar-refractivity contribution in [2.45, 2.75) is 31.6 Å². The fourth-order valence-electron chi connectivity index (χ4n) is 2.81. The highest BCUT2D eigenvalue weighted by molar-refractivity contribution is 6.31. The van der Waals surface area contributed by atoms with Crippen LogP contribution in [0, 0.1) is 11.8 Å². The average molecular weight is 303 g/mol. The maximum atomic E-state index is 12.5. The summed E-state index contributed by atoms with van der Waals surface area (Å²) in [5.74, 6) is 1.61. The summed E-state index contributed by atoms with van der Waals surface area (Å²) in [6.45, 7) is 0. The molecule has 1 heterocycles. The van der Waals surface area contributed by atoms with E-state index in [9.17, 15) is 4.79 Å². The number of nitrogens with one attached hydrogen (secondary N) is 1. The van der Waals surface area contributed by atoms with Gasteiger partial charge in [0.05, 0.1) is 0 Å². The van der Waals surface area contributed by atoms with Crippen LogP contribution in [0.2, 0.25) is 5.02 Å². The molecule has 2 atom stereocenters. The first-order valence-electron chi connectivity index (χ1n) is 7.28. The quantitative estimate of drug-likeness (QED) is 0.862. The van der Waals surface area contributed by atoms with Crippen LogP contribution in [0.3, 0.4) is 0 Å². The fraction of sp³-hybridized carbons (Fsp3) is 0.467. The van der Waals surface area contributed by atoms with Crippen molar-refractivity contribution in [3.8, 4) is 0 Å². The Morgan fingerprint density at radius 3 is 2.90 bits per heavy atom. The topological polar surface area (TPSA) is 71.5 Å². The lowest BCUT2D eigenvalue weighted by atomic mass is 10.0. The van der Waals surface area contributed by atoms with Crippen molar-refractivity contribution in [1.82, 2.24) is 20.6 Å². The number of aromatic nitrogens is 4. The summed E-state index contributed by atoms with van der Waals surface area (Å²) in [4.78, 5) is 12.5. The molecule has 0 radical (unpaired) electrons. The smallest absolute Gasteiger partial charge is 0.178 e. The van der Waals surface area contributed by atoms with Crippen LogP contribution >= 0.6 is 11.6 Å². The van der Waals surface area contributed by atoms with Gasteiger partial charge in [-0.05, 0) is 43.2 Å². The molecule has 0 saturated heterocycles. The van der Waals surface area contributed by atoms with Crippen LogP contribution in [0.15, 0.2) is 18.2 Å². The number of carbonyl (C=O) groups is 1. The Morgan fingerprint density at radius 1 is 1.38 bits per heavy atom. The minimum atomic E-state index is -0.0343. The second kappa shape index (κ2) is 4.91. The monoisotopic (exact) mass is 302 g/mol. The standard InChI is InChI=1S/C15H15ClN4O/c16-13-6-10(4-3-9(13)5-8-1-2-8)14(21)11-7-12(11)15-17-19-20-18-15/h3-4,6,8,11-12H,1-2,5,7H2,(H,17,18,19,20). The van der Waals surface area contributed by atoms with Crippen molar-refractivity contribution in [2.75, 3.05) is 0 Å². The zero-order valence-corrected chi connectivity index (χ0v) is 12.2. The van der Waals surface area contributed by atoms with Gasteiger partial charge in [0.2, 0.25) is 0 Å². The number of H-pyrrole nitrogens is 1. The summed E-state index contributed by atoms with van der Waals surface area (Å²) in [5.41, 5.74) is 1.84. The summed E-state index contributed by atoms with van der Waals surface area (Å²) in [6, 6.07) is 5.71. The lowest BCUT2D eigenvalue weighted by Gasteiger charge is -2.06. The molecule has 0 spiro atoms. The molecule has 6 heteroatoms. The van der Waals surface area contributed by atoms with E-state index in [2.05, 4.69) is 20.6 Å². The molecule has 0 bridgehead atoms. The third kappa shape index (κ3) is 2.58. The molecule has 2 fully saturated rings. The second-order valence-corrected chi connectivity index (χ2v) is 6.44. The molecule has 2 aromatic rings. The second-order valence-electron chi connectivity index (χ2n) is 6.04. The lowest BCUT2D eigenvalue weighted by molar-refractivity contribution is 0.0965. The van der Waals surface area contributed by atoms with Gasteiger partial charge in [0.25, 0.3) is 0 Å². The number of nitrogens with zero attached hydrogens (tertiary/aromatic N) is 3. The molecular formula is C15H15ClN4O. The van der Waals surface area contributed by atoms with E-state index >= 15 is 0 Å². The van der Waals surface area contributed by atoms with Gasteiger partial charge in [-0.3, -0.25) is 4.79 Å². The first-order valence-corrected chi connectivity index (χ1v) is 7.66. The van der Waals surface area contributed by atoms with Gasteiger partial charge in [-0.25, -0.2) is 0 Å². The van der Waals surface area contributed by atoms with Crippen molar-refractivity contribution in [3.63, 3.8) is 0 Å². The van der Waals surface area contributed by atoms with E-state index in [-0.39, 0.29) is 17.6 Å². The Labute approximate surface area is 127 Å². The molecule has 5 nitrogen and oxygen atoms in total. The molecule has 1 N–H and O–H groups in total. The summed E-state index contributed by atoms with van der Waals surface area (Å²) in [6.07, 6.45) is 4.42. The van der Waals surface area contributed by atoms with Gasteiger partial charge in [-0.2, -0.15) is 5.21 Å². The maximum absolute atomic E-state index is 12.5. The number of hydrogen-bond acceptors (Lipinski definition) is 4. The van der Waals surface area contributed by atoms with Crippen LogP contribution in [0.5, 0.6) is 0 Å². The Hall–Kier alpha value is -1.75. The van der Waals surface area contributed by atoms with E-state index in [1.807, 2.05) is 18.2 Å². The molecule has 2 saturated carbocycles. The SMILES string of the molecule is O=C(c1ccc(CC2CC2)c(Cl)c1)C1CC1c1nn[nH]n1. The van der Waals surface area contributed by atoms with Gasteiger partial charge >= 0.3 is 0 Å². The molecule has 1 aromatic heterocycles. The van der Waals surface area contributed by atoms with E-state index in [1.54, 1.807) is 0 Å². The number of aromatic amines is 1. The molecule has 2 unspecified atom stereocenters. The largest absolute Gasteiger partial charge is 0.294 e. The number of Topliss-reactive ketones (excluding diaryl/α,β-unsaturated/α-hetero) is 1. The predicted molar refractivity (Wildman–Crippen MR) is 77.2 cm³/mol. The number of carbonyl (C=O) groups excluding carboxylic acids is 1. The number of rotatable bonds is 5. The van der Waals surface area contributed by atoms with Crippen molar-refractivity contribution in [3.05, 3.63) is 40.2 Å². The lowest BCUT2D eigenvalue weighted by Crippen LogP contribution is -2.04. The molecule has 21 heavy (non-hydrogen) atoms. The Bertz CT molecular complexity index is 681. The van der Waals surface area contributed by atoms with Crippen molar-refractivity contribution >= 4 is 17.4 Å². The number of halogens is 1. The summed E-state index contributed by atoms with van der Waals surface area (Å²) < 4.78 is 0. The number of ketones is 1. The van der Waals surface area contributed by atoms with Crippen molar-refractivity contribution in [2.24, 2.45) is 11.8 Å². The van der Waals surface area contributed by atoms with Crippen LogP contribution in [0.25, 0.3) is 0 Å². The molecular weight excluding hydrogens is 288 g/mol. The average Bonchev–Trinajstić information content (AvgIpc) is 3.41. The van der Waals surface area contributed by atoms with Crippen molar-refractivity contribution in [1.29, 1.82) is 0 Å². The first-order chi connectivity index (χ1) is 10.2. The van der Waals surface area contributed by atoms with E-state index in [4.69, 9.17) is 11.6 Å². The third-order valence-corrected chi connectivity index (χ3v) is 4.72. The zero-order valence-electron chi connectivity index (χ0n) is 11.4. The van der Waals surface area contributed by atoms with E-state index in [1.165, 1.54) is 12.8 Å². The van der Waals surface area contributed by atoms with Gasteiger partial charge in [0, 0.05) is 22.4 Å². The molecule has 0 aliphatic heterocycles. The highest BCUT2D eigenvalue weighted by Crippen LogP contribution is 2.47. The van der Waals surface area contributed by atoms with Crippen LogP contribution < -0.4 is 0 Å². The fourth-order valence-corrected chi connectivity index (χ4v) is 3.07. The minimum Gasteiger partial charge on any atom is -0.294 e. The summed E-state index contributed by atoms with van der Waals surface area (Å²) >= 11 is 6.31.